The molecule has 0 heterocycles. The maximum atomic E-state index is 9.52. The summed E-state index contributed by atoms with van der Waals surface area (Å²) in [7, 11) is 0. The molecule has 0 aliphatic heterocycles. The van der Waals surface area contributed by atoms with E-state index >= 15 is 0 Å². The van der Waals surface area contributed by atoms with Gasteiger partial charge in [-0.25, -0.2) is 0 Å². The van der Waals surface area contributed by atoms with Crippen LogP contribution in [0.4, 0.5) is 0 Å². The third kappa shape index (κ3) is 17.6. The maximum absolute atomic E-state index is 9.52. The molecule has 0 spiro atoms. The fourth-order valence-corrected chi connectivity index (χ4v) is 0.214. The van der Waals surface area contributed by atoms with E-state index in [-0.39, 0.29) is 48.1 Å². The van der Waals surface area contributed by atoms with E-state index in [0.717, 1.165) is 0 Å². The number of hydrogen-bond acceptors (Lipinski definition) is 3. The van der Waals surface area contributed by atoms with Gasteiger partial charge in [0.1, 0.15) is 6.54 Å². The summed E-state index contributed by atoms with van der Waals surface area (Å²) in [4.78, 5) is 9.52. The van der Waals surface area contributed by atoms with Crippen molar-refractivity contribution in [3.05, 3.63) is 0 Å². The molecule has 0 rings (SSSR count). The minimum Gasteiger partial charge on any atom is -0.480 e. The summed E-state index contributed by atoms with van der Waals surface area (Å²) in [5.41, 5.74) is 0. The third-order valence-corrected chi connectivity index (χ3v) is 0.385. The van der Waals surface area contributed by atoms with Gasteiger partial charge in [0.05, 0.1) is 0 Å². The molecule has 0 aromatic carbocycles. The van der Waals surface area contributed by atoms with Gasteiger partial charge in [0.2, 0.25) is 0 Å². The van der Waals surface area contributed by atoms with Gasteiger partial charge in [-0.05, 0) is 0 Å². The van der Waals surface area contributed by atoms with E-state index < -0.39 is 12.5 Å². The van der Waals surface area contributed by atoms with Crippen molar-refractivity contribution in [1.82, 2.24) is 4.58 Å². The molecule has 0 aliphatic rings. The van der Waals surface area contributed by atoms with Crippen molar-refractivity contribution in [3.8, 4) is 0 Å². The van der Waals surface area contributed by atoms with Crippen LogP contribution in [-0.4, -0.2) is 44.8 Å². The molecule has 0 unspecified atom stereocenters. The number of carboxylic acid groups (broad SMARTS) is 1. The van der Waals surface area contributed by atoms with E-state index in [0.29, 0.717) is 0 Å². The van der Waals surface area contributed by atoms with Gasteiger partial charge >= 0.3 is 5.97 Å². The van der Waals surface area contributed by atoms with Gasteiger partial charge in [0, 0.05) is 38.0 Å². The largest absolute Gasteiger partial charge is 0.480 e. The standard InChI is InChI=1S/C2H4ClNO3.Al.Zr.3H/c3-4(7)1-2(5)6;;;;;/h7H,1H2,(H,5,6);;;;;. The average Bonchev–Trinajstić information content (AvgIpc) is 1.27. The molecule has 7 heteroatoms. The minimum absolute atomic E-state index is 0. The fraction of sp³-hybridized carbons (Fsp3) is 0.500. The van der Waals surface area contributed by atoms with Gasteiger partial charge in [0.25, 0.3) is 0 Å². The Morgan fingerprint density at radius 1 is 1.67 bits per heavy atom. The van der Waals surface area contributed by atoms with Crippen LogP contribution in [0.25, 0.3) is 0 Å². The topological polar surface area (TPSA) is 60.8 Å². The van der Waals surface area contributed by atoms with Crippen LogP contribution in [0.2, 0.25) is 0 Å². The van der Waals surface area contributed by atoms with Crippen molar-refractivity contribution in [1.29, 1.82) is 0 Å². The molecule has 0 radical (unpaired) electrons. The Labute approximate surface area is 87.1 Å². The van der Waals surface area contributed by atoms with Gasteiger partial charge in [-0.1, -0.05) is 4.58 Å². The molecular weight excluding hydrogens is 240 g/mol. The Balaban J connectivity index is -0.000000180. The molecule has 0 saturated carbocycles. The van der Waals surface area contributed by atoms with Crippen molar-refractivity contribution in [3.63, 3.8) is 0 Å². The summed E-state index contributed by atoms with van der Waals surface area (Å²) in [6.45, 7) is -0.568. The van der Waals surface area contributed by atoms with Crippen molar-refractivity contribution >= 4 is 35.1 Å². The van der Waals surface area contributed by atoms with Gasteiger partial charge in [-0.3, -0.25) is 10.0 Å². The zero-order valence-electron chi connectivity index (χ0n) is 3.83. The molecule has 9 heavy (non-hydrogen) atoms. The molecule has 0 fully saturated rings. The van der Waals surface area contributed by atoms with Gasteiger partial charge in [-0.2, -0.15) is 0 Å². The predicted octanol–water partition coefficient (Wildman–Crippen LogP) is -1.27. The van der Waals surface area contributed by atoms with E-state index in [4.69, 9.17) is 10.3 Å². The van der Waals surface area contributed by atoms with Gasteiger partial charge < -0.3 is 5.11 Å². The van der Waals surface area contributed by atoms with Crippen molar-refractivity contribution in [2.24, 2.45) is 0 Å². The normalized spacial score (nSPS) is 7.44. The van der Waals surface area contributed by atoms with E-state index in [1.807, 2.05) is 0 Å². The second-order valence-electron chi connectivity index (χ2n) is 0.888. The Hall–Kier alpha value is 1.10. The van der Waals surface area contributed by atoms with Gasteiger partial charge in [0.15, 0.2) is 17.4 Å². The van der Waals surface area contributed by atoms with Crippen LogP contribution >= 0.6 is 11.8 Å². The number of halogens is 1. The van der Waals surface area contributed by atoms with E-state index in [9.17, 15) is 4.79 Å². The van der Waals surface area contributed by atoms with Crippen LogP contribution in [-0.2, 0) is 31.0 Å². The fourth-order valence-electron chi connectivity index (χ4n) is 0.112. The minimum atomic E-state index is -1.17. The predicted molar refractivity (Wildman–Crippen MR) is 31.9 cm³/mol. The molecule has 0 saturated heterocycles. The second-order valence-corrected chi connectivity index (χ2v) is 1.28. The summed E-state index contributed by atoms with van der Waals surface area (Å²) in [6, 6.07) is 0. The van der Waals surface area contributed by atoms with Crippen molar-refractivity contribution < 1.29 is 41.3 Å². The smallest absolute Gasteiger partial charge is 0.321 e. The van der Waals surface area contributed by atoms with Crippen LogP contribution in [0.3, 0.4) is 0 Å². The number of nitrogens with zero attached hydrogens (tertiary/aromatic N) is 1. The van der Waals surface area contributed by atoms with Crippen molar-refractivity contribution in [2.75, 3.05) is 6.54 Å². The molecule has 0 amide bonds. The number of aliphatic carboxylic acids is 1. The molecular formula is C2H7AlClNO3Zr. The van der Waals surface area contributed by atoms with Crippen LogP contribution in [0.15, 0.2) is 0 Å². The summed E-state index contributed by atoms with van der Waals surface area (Å²) in [5.74, 6) is -1.17. The summed E-state index contributed by atoms with van der Waals surface area (Å²) in [5, 5.41) is 15.7. The first kappa shape index (κ1) is 16.6. The van der Waals surface area contributed by atoms with Crippen LogP contribution in [0, 0.1) is 0 Å². The zero-order valence-corrected chi connectivity index (χ0v) is 7.05. The van der Waals surface area contributed by atoms with Crippen LogP contribution in [0.5, 0.6) is 0 Å². The summed E-state index contributed by atoms with van der Waals surface area (Å²) >= 11 is 4.68. The summed E-state index contributed by atoms with van der Waals surface area (Å²) in [6.07, 6.45) is 0. The molecule has 52 valence electrons. The summed E-state index contributed by atoms with van der Waals surface area (Å²) < 4.78 is 0.0718. The van der Waals surface area contributed by atoms with Crippen LogP contribution < -0.4 is 0 Å². The molecule has 2 N–H and O–H groups in total. The Morgan fingerprint density at radius 2 is 2.00 bits per heavy atom. The van der Waals surface area contributed by atoms with Gasteiger partial charge in [-0.15, -0.1) is 0 Å². The molecule has 4 nitrogen and oxygen atoms in total. The molecule has 0 aliphatic carbocycles. The van der Waals surface area contributed by atoms with E-state index in [1.54, 1.807) is 0 Å². The quantitative estimate of drug-likeness (QED) is 0.362. The number of hydroxylamine groups is 1. The SMILES string of the molecule is O=C(O)CN(O)Cl.[AlH3].[Zr]. The van der Waals surface area contributed by atoms with E-state index in [2.05, 4.69) is 11.8 Å². The number of hydrogen-bond donors (Lipinski definition) is 2. The second kappa shape index (κ2) is 9.10. The number of rotatable bonds is 2. The first-order valence-electron chi connectivity index (χ1n) is 1.47. The molecule has 0 atom stereocenters. The Bertz CT molecular complexity index is 82.2. The first-order valence-corrected chi connectivity index (χ1v) is 1.80. The number of carboxylic acids is 1. The average molecular weight is 247 g/mol. The first-order chi connectivity index (χ1) is 3.13. The molecule has 0 aromatic rings. The molecule has 0 aromatic heterocycles. The third-order valence-electron chi connectivity index (χ3n) is 0.266. The molecule has 0 bridgehead atoms. The zero-order chi connectivity index (χ0) is 5.86. The maximum Gasteiger partial charge on any atom is 0.321 e. The number of carbonyl (C=O) groups is 1. The van der Waals surface area contributed by atoms with Crippen molar-refractivity contribution in [2.45, 2.75) is 0 Å². The Morgan fingerprint density at radius 3 is 2.00 bits per heavy atom. The van der Waals surface area contributed by atoms with E-state index in [1.165, 1.54) is 0 Å². The Kier molecular flexibility index (Phi) is 16.8. The van der Waals surface area contributed by atoms with Crippen LogP contribution in [0.1, 0.15) is 0 Å². The monoisotopic (exact) mass is 245 g/mol.